The fourth-order valence-electron chi connectivity index (χ4n) is 2.69. The zero-order chi connectivity index (χ0) is 13.5. The topological polar surface area (TPSA) is 49.6 Å². The van der Waals surface area contributed by atoms with Crippen LogP contribution >= 0.6 is 0 Å². The summed E-state index contributed by atoms with van der Waals surface area (Å²) < 4.78 is 0. The molecule has 106 valence electrons. The first kappa shape index (κ1) is 15.4. The zero-order valence-electron chi connectivity index (χ0n) is 12.2. The molecule has 1 amide bonds. The molecule has 4 heteroatoms. The van der Waals surface area contributed by atoms with E-state index >= 15 is 0 Å². The maximum absolute atomic E-state index is 12.6. The molecule has 0 radical (unpaired) electrons. The fourth-order valence-corrected chi connectivity index (χ4v) is 2.69. The smallest absolute Gasteiger partial charge is 0.226 e. The monoisotopic (exact) mass is 255 g/mol. The summed E-state index contributed by atoms with van der Waals surface area (Å²) in [4.78, 5) is 16.9. The van der Waals surface area contributed by atoms with Crippen molar-refractivity contribution in [1.29, 1.82) is 0 Å². The van der Waals surface area contributed by atoms with Gasteiger partial charge >= 0.3 is 0 Å². The zero-order valence-corrected chi connectivity index (χ0v) is 12.2. The summed E-state index contributed by atoms with van der Waals surface area (Å²) >= 11 is 0. The van der Waals surface area contributed by atoms with Crippen LogP contribution in [0.2, 0.25) is 0 Å². The maximum Gasteiger partial charge on any atom is 0.226 e. The highest BCUT2D eigenvalue weighted by Crippen LogP contribution is 2.19. The molecule has 1 aliphatic heterocycles. The summed E-state index contributed by atoms with van der Waals surface area (Å²) in [7, 11) is 2.10. The fraction of sp³-hybridized carbons (Fsp3) is 0.929. The molecule has 0 aromatic heterocycles. The number of nitrogens with two attached hydrogens (primary N) is 1. The first-order valence-electron chi connectivity index (χ1n) is 7.33. The SMILES string of the molecule is CCCCC(CC)C(=O)N1CCN(C)CC1CN. The molecule has 1 fully saturated rings. The molecule has 0 aromatic rings. The van der Waals surface area contributed by atoms with Crippen molar-refractivity contribution >= 4 is 5.91 Å². The summed E-state index contributed by atoms with van der Waals surface area (Å²) in [6.07, 6.45) is 4.27. The number of amides is 1. The number of hydrogen-bond donors (Lipinski definition) is 1. The van der Waals surface area contributed by atoms with E-state index in [1.807, 2.05) is 4.90 Å². The van der Waals surface area contributed by atoms with E-state index in [1.165, 1.54) is 0 Å². The van der Waals surface area contributed by atoms with Gasteiger partial charge in [-0.25, -0.2) is 0 Å². The van der Waals surface area contributed by atoms with E-state index in [4.69, 9.17) is 5.73 Å². The van der Waals surface area contributed by atoms with Gasteiger partial charge in [-0.3, -0.25) is 4.79 Å². The largest absolute Gasteiger partial charge is 0.336 e. The molecule has 18 heavy (non-hydrogen) atoms. The van der Waals surface area contributed by atoms with Crippen LogP contribution in [-0.2, 0) is 4.79 Å². The molecule has 0 spiro atoms. The van der Waals surface area contributed by atoms with Crippen LogP contribution in [0.1, 0.15) is 39.5 Å². The highest BCUT2D eigenvalue weighted by atomic mass is 16.2. The van der Waals surface area contributed by atoms with Gasteiger partial charge < -0.3 is 15.5 Å². The van der Waals surface area contributed by atoms with E-state index in [9.17, 15) is 4.79 Å². The van der Waals surface area contributed by atoms with Gasteiger partial charge in [-0.15, -0.1) is 0 Å². The van der Waals surface area contributed by atoms with Gasteiger partial charge in [0.05, 0.1) is 6.04 Å². The lowest BCUT2D eigenvalue weighted by Gasteiger charge is -2.41. The lowest BCUT2D eigenvalue weighted by molar-refractivity contribution is -0.140. The number of unbranched alkanes of at least 4 members (excludes halogenated alkanes) is 1. The average Bonchev–Trinajstić information content (AvgIpc) is 2.39. The predicted molar refractivity (Wildman–Crippen MR) is 75.4 cm³/mol. The number of carbonyl (C=O) groups is 1. The molecule has 1 saturated heterocycles. The number of piperazine rings is 1. The van der Waals surface area contributed by atoms with Gasteiger partial charge in [-0.05, 0) is 19.9 Å². The number of likely N-dealkylation sites (N-methyl/N-ethyl adjacent to an activating group) is 1. The van der Waals surface area contributed by atoms with Gasteiger partial charge in [0.2, 0.25) is 5.91 Å². The number of hydrogen-bond acceptors (Lipinski definition) is 3. The highest BCUT2D eigenvalue weighted by molar-refractivity contribution is 5.79. The van der Waals surface area contributed by atoms with Crippen LogP contribution < -0.4 is 5.73 Å². The standard InChI is InChI=1S/C14H29N3O/c1-4-6-7-12(5-2)14(18)17-9-8-16(3)11-13(17)10-15/h12-13H,4-11,15H2,1-3H3. The number of nitrogens with zero attached hydrogens (tertiary/aromatic N) is 2. The van der Waals surface area contributed by atoms with Crippen LogP contribution in [0.5, 0.6) is 0 Å². The summed E-state index contributed by atoms with van der Waals surface area (Å²) in [6.45, 7) is 7.57. The molecule has 0 aromatic carbocycles. The summed E-state index contributed by atoms with van der Waals surface area (Å²) in [5, 5.41) is 0. The molecule has 2 N–H and O–H groups in total. The van der Waals surface area contributed by atoms with E-state index < -0.39 is 0 Å². The van der Waals surface area contributed by atoms with Crippen LogP contribution in [0.3, 0.4) is 0 Å². The van der Waals surface area contributed by atoms with Gasteiger partial charge in [0.15, 0.2) is 0 Å². The average molecular weight is 255 g/mol. The molecule has 0 bridgehead atoms. The Hall–Kier alpha value is -0.610. The summed E-state index contributed by atoms with van der Waals surface area (Å²) in [6, 6.07) is 0.201. The molecular weight excluding hydrogens is 226 g/mol. The van der Waals surface area contributed by atoms with Gasteiger partial charge in [-0.2, -0.15) is 0 Å². The van der Waals surface area contributed by atoms with Crippen molar-refractivity contribution in [3.8, 4) is 0 Å². The second kappa shape index (κ2) is 7.74. The van der Waals surface area contributed by atoms with Crippen LogP contribution in [0.4, 0.5) is 0 Å². The van der Waals surface area contributed by atoms with E-state index in [0.29, 0.717) is 12.5 Å². The molecule has 1 rings (SSSR count). The normalized spacial score (nSPS) is 23.1. The minimum atomic E-state index is 0.197. The van der Waals surface area contributed by atoms with Crippen molar-refractivity contribution < 1.29 is 4.79 Å². The van der Waals surface area contributed by atoms with Gasteiger partial charge in [-0.1, -0.05) is 26.7 Å². The number of rotatable bonds is 6. The molecular formula is C14H29N3O. The van der Waals surface area contributed by atoms with E-state index in [-0.39, 0.29) is 12.0 Å². The van der Waals surface area contributed by atoms with Crippen LogP contribution in [0.15, 0.2) is 0 Å². The Morgan fingerprint density at radius 3 is 2.67 bits per heavy atom. The Bertz CT molecular complexity index is 257. The Morgan fingerprint density at radius 1 is 1.39 bits per heavy atom. The molecule has 1 heterocycles. The van der Waals surface area contributed by atoms with E-state index in [0.717, 1.165) is 45.3 Å². The minimum absolute atomic E-state index is 0.197. The first-order valence-corrected chi connectivity index (χ1v) is 7.33. The maximum atomic E-state index is 12.6. The quantitative estimate of drug-likeness (QED) is 0.778. The van der Waals surface area contributed by atoms with Gasteiger partial charge in [0.1, 0.15) is 0 Å². The lowest BCUT2D eigenvalue weighted by Crippen LogP contribution is -2.58. The molecule has 1 aliphatic rings. The predicted octanol–water partition coefficient (Wildman–Crippen LogP) is 1.30. The van der Waals surface area contributed by atoms with E-state index in [1.54, 1.807) is 0 Å². The number of carbonyl (C=O) groups excluding carboxylic acids is 1. The van der Waals surface area contributed by atoms with Crippen LogP contribution in [-0.4, -0.2) is 55.0 Å². The van der Waals surface area contributed by atoms with Crippen molar-refractivity contribution in [3.05, 3.63) is 0 Å². The Balaban J connectivity index is 2.62. The third-order valence-corrected chi connectivity index (χ3v) is 3.99. The second-order valence-electron chi connectivity index (χ2n) is 5.43. The minimum Gasteiger partial charge on any atom is -0.336 e. The van der Waals surface area contributed by atoms with E-state index in [2.05, 4.69) is 25.8 Å². The second-order valence-corrected chi connectivity index (χ2v) is 5.43. The molecule has 2 unspecified atom stereocenters. The Labute approximate surface area is 111 Å². The van der Waals surface area contributed by atoms with Crippen molar-refractivity contribution in [2.75, 3.05) is 33.2 Å². The van der Waals surface area contributed by atoms with Crippen molar-refractivity contribution in [2.24, 2.45) is 11.7 Å². The molecule has 0 aliphatic carbocycles. The van der Waals surface area contributed by atoms with Crippen molar-refractivity contribution in [3.63, 3.8) is 0 Å². The van der Waals surface area contributed by atoms with Crippen molar-refractivity contribution in [2.45, 2.75) is 45.6 Å². The van der Waals surface area contributed by atoms with Crippen molar-refractivity contribution in [1.82, 2.24) is 9.80 Å². The Morgan fingerprint density at radius 2 is 2.11 bits per heavy atom. The highest BCUT2D eigenvalue weighted by Gasteiger charge is 2.31. The third kappa shape index (κ3) is 3.95. The summed E-state index contributed by atoms with van der Waals surface area (Å²) in [5.74, 6) is 0.525. The first-order chi connectivity index (χ1) is 8.63. The molecule has 0 saturated carbocycles. The molecule has 2 atom stereocenters. The third-order valence-electron chi connectivity index (χ3n) is 3.99. The van der Waals surface area contributed by atoms with Crippen LogP contribution in [0, 0.1) is 5.92 Å². The van der Waals surface area contributed by atoms with Gasteiger partial charge in [0.25, 0.3) is 0 Å². The van der Waals surface area contributed by atoms with Gasteiger partial charge in [0, 0.05) is 32.1 Å². The van der Waals surface area contributed by atoms with Crippen LogP contribution in [0.25, 0.3) is 0 Å². The molecule has 4 nitrogen and oxygen atoms in total. The lowest BCUT2D eigenvalue weighted by atomic mass is 9.96. The summed E-state index contributed by atoms with van der Waals surface area (Å²) in [5.41, 5.74) is 5.81. The Kier molecular flexibility index (Phi) is 6.65.